The fraction of sp³-hybridized carbons (Fsp3) is 0.0769. The Hall–Kier alpha value is -2.56. The molecule has 0 amide bonds. The molecule has 5 nitrogen and oxygen atoms in total. The highest BCUT2D eigenvalue weighted by molar-refractivity contribution is 6.01. The monoisotopic (exact) mass is 242 g/mol. The Balaban J connectivity index is 2.15. The number of para-hydroxylation sites is 1. The van der Waals surface area contributed by atoms with E-state index < -0.39 is 5.97 Å². The van der Waals surface area contributed by atoms with Crippen molar-refractivity contribution in [3.05, 3.63) is 54.2 Å². The predicted molar refractivity (Wildman–Crippen MR) is 64.5 cm³/mol. The molecule has 0 atom stereocenters. The summed E-state index contributed by atoms with van der Waals surface area (Å²) in [4.78, 5) is 15.4. The predicted octanol–water partition coefficient (Wildman–Crippen LogP) is 2.38. The van der Waals surface area contributed by atoms with E-state index in [1.807, 2.05) is 10.6 Å². The third kappa shape index (κ3) is 1.66. The van der Waals surface area contributed by atoms with Crippen molar-refractivity contribution in [2.24, 2.45) is 0 Å². The molecular weight excluding hydrogens is 232 g/mol. The number of carboxylic acid groups (broad SMARTS) is 1. The van der Waals surface area contributed by atoms with Crippen LogP contribution in [0.25, 0.3) is 11.0 Å². The van der Waals surface area contributed by atoms with Crippen molar-refractivity contribution in [3.63, 3.8) is 0 Å². The smallest absolute Gasteiger partial charge is 0.337 e. The maximum atomic E-state index is 11.2. The summed E-state index contributed by atoms with van der Waals surface area (Å²) in [7, 11) is 0. The molecule has 0 aliphatic heterocycles. The highest BCUT2D eigenvalue weighted by Gasteiger charge is 2.13. The Bertz CT molecular complexity index is 698. The van der Waals surface area contributed by atoms with E-state index in [0.717, 1.165) is 5.56 Å². The molecule has 90 valence electrons. The lowest BCUT2D eigenvalue weighted by atomic mass is 10.2. The number of nitrogens with zero attached hydrogens (tertiary/aromatic N) is 2. The Morgan fingerprint density at radius 1 is 1.39 bits per heavy atom. The summed E-state index contributed by atoms with van der Waals surface area (Å²) < 4.78 is 6.81. The minimum atomic E-state index is -0.949. The zero-order valence-electron chi connectivity index (χ0n) is 9.41. The second kappa shape index (κ2) is 4.03. The molecule has 18 heavy (non-hydrogen) atoms. The van der Waals surface area contributed by atoms with Crippen LogP contribution in [0.5, 0.6) is 0 Å². The molecule has 0 unspecified atom stereocenters. The van der Waals surface area contributed by atoms with Crippen LogP contribution in [0.3, 0.4) is 0 Å². The summed E-state index contributed by atoms with van der Waals surface area (Å²) in [6.45, 7) is 0.539. The van der Waals surface area contributed by atoms with E-state index in [0.29, 0.717) is 17.6 Å². The second-order valence-electron chi connectivity index (χ2n) is 3.98. The molecule has 0 spiro atoms. The fourth-order valence-corrected chi connectivity index (χ4v) is 2.00. The quantitative estimate of drug-likeness (QED) is 0.765. The maximum absolute atomic E-state index is 11.2. The van der Waals surface area contributed by atoms with E-state index in [9.17, 15) is 9.90 Å². The number of furan rings is 1. The zero-order valence-corrected chi connectivity index (χ0v) is 9.41. The van der Waals surface area contributed by atoms with Crippen LogP contribution in [-0.2, 0) is 6.54 Å². The van der Waals surface area contributed by atoms with E-state index in [4.69, 9.17) is 4.42 Å². The lowest BCUT2D eigenvalue weighted by molar-refractivity contribution is 0.0698. The number of rotatable bonds is 3. The van der Waals surface area contributed by atoms with Gasteiger partial charge in [-0.25, -0.2) is 9.78 Å². The van der Waals surface area contributed by atoms with Gasteiger partial charge in [0, 0.05) is 5.56 Å². The third-order valence-electron chi connectivity index (χ3n) is 2.80. The molecule has 0 fully saturated rings. The molecule has 5 heteroatoms. The van der Waals surface area contributed by atoms with Crippen LogP contribution in [0.2, 0.25) is 0 Å². The van der Waals surface area contributed by atoms with Crippen LogP contribution in [0.4, 0.5) is 0 Å². The van der Waals surface area contributed by atoms with Crippen molar-refractivity contribution < 1.29 is 14.3 Å². The summed E-state index contributed by atoms with van der Waals surface area (Å²) >= 11 is 0. The molecule has 2 heterocycles. The first kappa shape index (κ1) is 10.6. The normalized spacial score (nSPS) is 10.9. The van der Waals surface area contributed by atoms with Gasteiger partial charge in [0.05, 0.1) is 42.0 Å². The summed E-state index contributed by atoms with van der Waals surface area (Å²) in [5, 5.41) is 9.19. The molecule has 0 saturated heterocycles. The highest BCUT2D eigenvalue weighted by atomic mass is 16.4. The summed E-state index contributed by atoms with van der Waals surface area (Å²) in [5.74, 6) is -0.949. The number of aromatic carboxylic acids is 1. The van der Waals surface area contributed by atoms with Crippen LogP contribution in [0, 0.1) is 0 Å². The van der Waals surface area contributed by atoms with E-state index in [1.54, 1.807) is 37.1 Å². The van der Waals surface area contributed by atoms with Gasteiger partial charge >= 0.3 is 5.97 Å². The maximum Gasteiger partial charge on any atom is 0.337 e. The lowest BCUT2D eigenvalue weighted by Gasteiger charge is -2.04. The number of hydrogen-bond donors (Lipinski definition) is 1. The first-order chi connectivity index (χ1) is 8.75. The second-order valence-corrected chi connectivity index (χ2v) is 3.98. The molecule has 3 rings (SSSR count). The van der Waals surface area contributed by atoms with E-state index >= 15 is 0 Å². The summed E-state index contributed by atoms with van der Waals surface area (Å²) in [5.41, 5.74) is 2.53. The van der Waals surface area contributed by atoms with Crippen molar-refractivity contribution in [3.8, 4) is 0 Å². The van der Waals surface area contributed by atoms with Crippen molar-refractivity contribution in [1.82, 2.24) is 9.55 Å². The van der Waals surface area contributed by atoms with Gasteiger partial charge in [-0.05, 0) is 18.2 Å². The third-order valence-corrected chi connectivity index (χ3v) is 2.80. The molecule has 1 N–H and O–H groups in total. The molecular formula is C13H10N2O3. The van der Waals surface area contributed by atoms with Crippen molar-refractivity contribution in [2.45, 2.75) is 6.54 Å². The minimum absolute atomic E-state index is 0.258. The summed E-state index contributed by atoms with van der Waals surface area (Å²) in [6.07, 6.45) is 4.87. The Morgan fingerprint density at radius 3 is 3.00 bits per heavy atom. The molecule has 0 bridgehead atoms. The number of imidazole rings is 1. The van der Waals surface area contributed by atoms with Crippen LogP contribution in [0.1, 0.15) is 15.9 Å². The molecule has 0 saturated carbocycles. The van der Waals surface area contributed by atoms with E-state index in [1.165, 1.54) is 0 Å². The Kier molecular flexibility index (Phi) is 2.37. The molecule has 0 aliphatic rings. The van der Waals surface area contributed by atoms with Gasteiger partial charge in [0.15, 0.2) is 0 Å². The van der Waals surface area contributed by atoms with Gasteiger partial charge in [-0.1, -0.05) is 6.07 Å². The topological polar surface area (TPSA) is 68.3 Å². The van der Waals surface area contributed by atoms with Gasteiger partial charge in [0.1, 0.15) is 0 Å². The molecule has 0 radical (unpaired) electrons. The number of fused-ring (bicyclic) bond motifs is 1. The SMILES string of the molecule is O=C(O)c1cccc2ncn(Cc3ccoc3)c12. The largest absolute Gasteiger partial charge is 0.478 e. The van der Waals surface area contributed by atoms with Gasteiger partial charge < -0.3 is 14.1 Å². The van der Waals surface area contributed by atoms with Crippen molar-refractivity contribution in [2.75, 3.05) is 0 Å². The fourth-order valence-electron chi connectivity index (χ4n) is 2.00. The Morgan fingerprint density at radius 2 is 2.28 bits per heavy atom. The lowest BCUT2D eigenvalue weighted by Crippen LogP contribution is -2.03. The molecule has 2 aromatic heterocycles. The number of carbonyl (C=O) groups is 1. The Labute approximate surface area is 102 Å². The molecule has 0 aliphatic carbocycles. The van der Waals surface area contributed by atoms with Gasteiger partial charge in [0.25, 0.3) is 0 Å². The number of benzene rings is 1. The minimum Gasteiger partial charge on any atom is -0.478 e. The van der Waals surface area contributed by atoms with Gasteiger partial charge in [-0.3, -0.25) is 0 Å². The van der Waals surface area contributed by atoms with Crippen LogP contribution >= 0.6 is 0 Å². The van der Waals surface area contributed by atoms with E-state index in [2.05, 4.69) is 4.98 Å². The zero-order chi connectivity index (χ0) is 12.5. The van der Waals surface area contributed by atoms with E-state index in [-0.39, 0.29) is 5.56 Å². The van der Waals surface area contributed by atoms with Gasteiger partial charge in [-0.2, -0.15) is 0 Å². The average Bonchev–Trinajstić information content (AvgIpc) is 2.99. The number of carboxylic acids is 1. The number of hydrogen-bond acceptors (Lipinski definition) is 3. The first-order valence-corrected chi connectivity index (χ1v) is 5.44. The molecule has 3 aromatic rings. The standard InChI is InChI=1S/C13H10N2O3/c16-13(17)10-2-1-3-11-12(10)15(8-14-11)6-9-4-5-18-7-9/h1-5,7-8H,6H2,(H,16,17). The summed E-state index contributed by atoms with van der Waals surface area (Å²) in [6, 6.07) is 6.92. The first-order valence-electron chi connectivity index (χ1n) is 5.44. The highest BCUT2D eigenvalue weighted by Crippen LogP contribution is 2.19. The van der Waals surface area contributed by atoms with Crippen LogP contribution < -0.4 is 0 Å². The van der Waals surface area contributed by atoms with Crippen LogP contribution in [-0.4, -0.2) is 20.6 Å². The number of aromatic nitrogens is 2. The van der Waals surface area contributed by atoms with Crippen molar-refractivity contribution >= 4 is 17.0 Å². The molecule has 1 aromatic carbocycles. The van der Waals surface area contributed by atoms with Gasteiger partial charge in [-0.15, -0.1) is 0 Å². The van der Waals surface area contributed by atoms with Crippen LogP contribution in [0.15, 0.2) is 47.5 Å². The van der Waals surface area contributed by atoms with Crippen molar-refractivity contribution in [1.29, 1.82) is 0 Å². The van der Waals surface area contributed by atoms with Gasteiger partial charge in [0.2, 0.25) is 0 Å². The average molecular weight is 242 g/mol.